The maximum atomic E-state index is 13.4. The Hall–Kier alpha value is -1.61. The second-order valence-electron chi connectivity index (χ2n) is 9.66. The Morgan fingerprint density at radius 3 is 2.39 bits per heavy atom. The molecule has 0 unspecified atom stereocenters. The first-order chi connectivity index (χ1) is 14.3. The molecule has 2 rings (SSSR count). The first-order valence-electron chi connectivity index (χ1n) is 10.7. The van der Waals surface area contributed by atoms with Gasteiger partial charge < -0.3 is 14.5 Å². The lowest BCUT2D eigenvalue weighted by atomic mass is 9.82. The SMILES string of the molecule is CC(C)(C)C#Cc1cc(N(CCOP(C)(C)=O)C(=O)[C@H]2CC[C@H](C)CC2)c(C(=O)O)s1. The number of aromatic carboxylic acids is 1. The average molecular weight is 468 g/mol. The molecule has 31 heavy (non-hydrogen) atoms. The summed E-state index contributed by atoms with van der Waals surface area (Å²) in [6.07, 6.45) is 3.55. The van der Waals surface area contributed by atoms with Gasteiger partial charge in [0.1, 0.15) is 4.88 Å². The number of hydrogen-bond acceptors (Lipinski definition) is 5. The number of amides is 1. The van der Waals surface area contributed by atoms with Crippen molar-refractivity contribution in [3.05, 3.63) is 15.8 Å². The molecule has 1 saturated carbocycles. The number of rotatable bonds is 7. The summed E-state index contributed by atoms with van der Waals surface area (Å²) in [5, 5.41) is 9.79. The fourth-order valence-corrected chi connectivity index (χ4v) is 4.85. The Morgan fingerprint density at radius 1 is 1.26 bits per heavy atom. The van der Waals surface area contributed by atoms with Crippen molar-refractivity contribution in [3.63, 3.8) is 0 Å². The highest BCUT2D eigenvalue weighted by Crippen LogP contribution is 2.38. The van der Waals surface area contributed by atoms with Gasteiger partial charge in [-0.2, -0.15) is 0 Å². The zero-order valence-electron chi connectivity index (χ0n) is 19.4. The molecule has 1 fully saturated rings. The molecule has 1 aromatic heterocycles. The van der Waals surface area contributed by atoms with Crippen LogP contribution in [0.4, 0.5) is 5.69 Å². The van der Waals surface area contributed by atoms with Crippen LogP contribution in [0.1, 0.15) is 67.9 Å². The molecule has 1 heterocycles. The van der Waals surface area contributed by atoms with E-state index in [4.69, 9.17) is 4.52 Å². The molecule has 1 N–H and O–H groups in total. The molecule has 6 nitrogen and oxygen atoms in total. The average Bonchev–Trinajstić information content (AvgIpc) is 3.07. The number of carboxylic acids is 1. The van der Waals surface area contributed by atoms with E-state index in [1.165, 1.54) is 18.2 Å². The number of carboxylic acid groups (broad SMARTS) is 1. The van der Waals surface area contributed by atoms with Crippen molar-refractivity contribution >= 4 is 36.3 Å². The Morgan fingerprint density at radius 2 is 1.87 bits per heavy atom. The molecule has 0 radical (unpaired) electrons. The second kappa shape index (κ2) is 10.3. The number of carbonyl (C=O) groups is 2. The minimum absolute atomic E-state index is 0.0804. The lowest BCUT2D eigenvalue weighted by molar-refractivity contribution is -0.123. The van der Waals surface area contributed by atoms with Gasteiger partial charge in [-0.15, -0.1) is 11.3 Å². The van der Waals surface area contributed by atoms with E-state index < -0.39 is 13.3 Å². The van der Waals surface area contributed by atoms with Gasteiger partial charge in [0.05, 0.1) is 17.2 Å². The zero-order chi connectivity index (χ0) is 23.4. The Bertz CT molecular complexity index is 907. The van der Waals surface area contributed by atoms with Crippen LogP contribution in [-0.4, -0.2) is 43.5 Å². The van der Waals surface area contributed by atoms with E-state index in [0.717, 1.165) is 37.0 Å². The van der Waals surface area contributed by atoms with Crippen molar-refractivity contribution in [1.29, 1.82) is 0 Å². The van der Waals surface area contributed by atoms with Crippen LogP contribution in [0.25, 0.3) is 0 Å². The van der Waals surface area contributed by atoms with Gasteiger partial charge in [-0.3, -0.25) is 9.36 Å². The monoisotopic (exact) mass is 467 g/mol. The Kier molecular flexibility index (Phi) is 8.55. The number of carbonyl (C=O) groups excluding carboxylic acids is 1. The van der Waals surface area contributed by atoms with Crippen LogP contribution in [0.3, 0.4) is 0 Å². The van der Waals surface area contributed by atoms with Crippen molar-refractivity contribution < 1.29 is 23.8 Å². The Balaban J connectivity index is 2.40. The normalized spacial score (nSPS) is 19.4. The quantitative estimate of drug-likeness (QED) is 0.419. The third kappa shape index (κ3) is 8.11. The van der Waals surface area contributed by atoms with E-state index in [-0.39, 0.29) is 35.3 Å². The first kappa shape index (κ1) is 25.6. The third-order valence-corrected chi connectivity index (χ3v) is 6.94. The summed E-state index contributed by atoms with van der Waals surface area (Å²) in [7, 11) is -2.71. The molecule has 8 heteroatoms. The topological polar surface area (TPSA) is 83.9 Å². The van der Waals surface area contributed by atoms with Crippen LogP contribution in [0.2, 0.25) is 0 Å². The molecular formula is C23H34NO5PS. The molecule has 1 aliphatic carbocycles. The fraction of sp³-hybridized carbons (Fsp3) is 0.652. The predicted octanol–water partition coefficient (Wildman–Crippen LogP) is 5.56. The molecule has 1 aliphatic rings. The van der Waals surface area contributed by atoms with Crippen molar-refractivity contribution in [3.8, 4) is 11.8 Å². The van der Waals surface area contributed by atoms with Crippen molar-refractivity contribution in [1.82, 2.24) is 0 Å². The smallest absolute Gasteiger partial charge is 0.348 e. The van der Waals surface area contributed by atoms with Crippen LogP contribution in [-0.2, 0) is 13.9 Å². The van der Waals surface area contributed by atoms with Crippen molar-refractivity contribution in [2.24, 2.45) is 17.3 Å². The lowest BCUT2D eigenvalue weighted by Crippen LogP contribution is -2.40. The number of thiophene rings is 1. The van der Waals surface area contributed by atoms with E-state index in [1.54, 1.807) is 6.07 Å². The largest absolute Gasteiger partial charge is 0.477 e. The third-order valence-electron chi connectivity index (χ3n) is 5.11. The van der Waals surface area contributed by atoms with E-state index in [2.05, 4.69) is 18.8 Å². The van der Waals surface area contributed by atoms with Crippen LogP contribution in [0.5, 0.6) is 0 Å². The molecule has 1 aromatic rings. The van der Waals surface area contributed by atoms with Crippen LogP contribution >= 0.6 is 18.7 Å². The van der Waals surface area contributed by atoms with Gasteiger partial charge in [0.2, 0.25) is 5.91 Å². The summed E-state index contributed by atoms with van der Waals surface area (Å²) >= 11 is 1.08. The van der Waals surface area contributed by atoms with Crippen LogP contribution in [0, 0.1) is 29.1 Å². The fourth-order valence-electron chi connectivity index (χ4n) is 3.47. The van der Waals surface area contributed by atoms with E-state index >= 15 is 0 Å². The highest BCUT2D eigenvalue weighted by atomic mass is 32.1. The van der Waals surface area contributed by atoms with Gasteiger partial charge in [-0.25, -0.2) is 4.79 Å². The minimum Gasteiger partial charge on any atom is -0.477 e. The number of hydrogen-bond donors (Lipinski definition) is 1. The molecular weight excluding hydrogens is 433 g/mol. The van der Waals surface area contributed by atoms with Gasteiger partial charge in [0.25, 0.3) is 0 Å². The van der Waals surface area contributed by atoms with E-state index in [0.29, 0.717) is 16.5 Å². The predicted molar refractivity (Wildman–Crippen MR) is 126 cm³/mol. The maximum absolute atomic E-state index is 13.4. The zero-order valence-corrected chi connectivity index (χ0v) is 21.1. The lowest BCUT2D eigenvalue weighted by Gasteiger charge is -2.31. The first-order valence-corrected chi connectivity index (χ1v) is 14.0. The standard InChI is InChI=1S/C23H34NO5PS/c1-16-7-9-17(10-8-16)21(25)24(13-14-29-30(5,6)28)19-15-18(11-12-23(2,3)4)31-20(19)22(26)27/h15-17H,7-10,13-14H2,1-6H3,(H,26,27)/t16-,17-. The molecule has 172 valence electrons. The summed E-state index contributed by atoms with van der Waals surface area (Å²) < 4.78 is 17.4. The summed E-state index contributed by atoms with van der Waals surface area (Å²) in [6, 6.07) is 1.69. The number of nitrogens with zero attached hydrogens (tertiary/aromatic N) is 1. The summed E-state index contributed by atoms with van der Waals surface area (Å²) in [5.41, 5.74) is 0.129. The maximum Gasteiger partial charge on any atom is 0.348 e. The Labute approximate surface area is 189 Å². The number of anilines is 1. The second-order valence-corrected chi connectivity index (χ2v) is 13.5. The molecule has 1 amide bonds. The summed E-state index contributed by atoms with van der Waals surface area (Å²) in [6.45, 7) is 11.4. The van der Waals surface area contributed by atoms with Gasteiger partial charge in [-0.1, -0.05) is 18.8 Å². The van der Waals surface area contributed by atoms with Gasteiger partial charge in [-0.05, 0) is 58.4 Å². The molecule has 0 atom stereocenters. The highest BCUT2D eigenvalue weighted by Gasteiger charge is 2.32. The van der Waals surface area contributed by atoms with Gasteiger partial charge >= 0.3 is 5.97 Å². The van der Waals surface area contributed by atoms with Gasteiger partial charge in [0.15, 0.2) is 7.37 Å². The van der Waals surface area contributed by atoms with Crippen LogP contribution < -0.4 is 4.90 Å². The van der Waals surface area contributed by atoms with Crippen LogP contribution in [0.15, 0.2) is 6.07 Å². The molecule has 0 saturated heterocycles. The molecule has 0 aliphatic heterocycles. The highest BCUT2D eigenvalue weighted by molar-refractivity contribution is 7.57. The summed E-state index contributed by atoms with van der Waals surface area (Å²) in [5.74, 6) is 5.45. The van der Waals surface area contributed by atoms with Crippen molar-refractivity contribution in [2.75, 3.05) is 31.4 Å². The molecule has 0 bridgehead atoms. The molecule has 0 spiro atoms. The van der Waals surface area contributed by atoms with Gasteiger partial charge in [0, 0.05) is 31.2 Å². The molecule has 0 aromatic carbocycles. The van der Waals surface area contributed by atoms with Crippen molar-refractivity contribution in [2.45, 2.75) is 53.4 Å². The van der Waals surface area contributed by atoms with E-state index in [1.807, 2.05) is 20.8 Å². The van der Waals surface area contributed by atoms with E-state index in [9.17, 15) is 19.3 Å². The summed E-state index contributed by atoms with van der Waals surface area (Å²) in [4.78, 5) is 27.6. The minimum atomic E-state index is -2.71.